The highest BCUT2D eigenvalue weighted by Crippen LogP contribution is 2.30. The van der Waals surface area contributed by atoms with Crippen molar-refractivity contribution in [2.45, 2.75) is 6.92 Å². The molecule has 0 aromatic heterocycles. The first-order valence-corrected chi connectivity index (χ1v) is 5.14. The summed E-state index contributed by atoms with van der Waals surface area (Å²) in [6.07, 6.45) is 0. The van der Waals surface area contributed by atoms with Crippen molar-refractivity contribution in [2.75, 3.05) is 0 Å². The lowest BCUT2D eigenvalue weighted by Gasteiger charge is -1.91. The molecule has 0 aliphatic carbocycles. The summed E-state index contributed by atoms with van der Waals surface area (Å²) in [7, 11) is -2.06. The molecule has 0 fully saturated rings. The minimum absolute atomic E-state index is 0.534. The van der Waals surface area contributed by atoms with Gasteiger partial charge in [0.2, 0.25) is 0 Å². The molecule has 0 amide bonds. The fourth-order valence-corrected chi connectivity index (χ4v) is 1.21. The largest absolute Gasteiger partial charge is 0.683 e. The van der Waals surface area contributed by atoms with E-state index in [2.05, 4.69) is 0 Å². The maximum atomic E-state index is 10.4. The lowest BCUT2D eigenvalue weighted by Crippen LogP contribution is -1.76. The van der Waals surface area contributed by atoms with E-state index in [-0.39, 0.29) is 0 Å². The first-order valence-electron chi connectivity index (χ1n) is 3.06. The molecule has 0 aliphatic heterocycles. The Kier molecular flexibility index (Phi) is 2.86. The second kappa shape index (κ2) is 3.70. The predicted octanol–water partition coefficient (Wildman–Crippen LogP) is 3.27. The Labute approximate surface area is 70.8 Å². The highest BCUT2D eigenvalue weighted by molar-refractivity contribution is 7.70. The van der Waals surface area contributed by atoms with Gasteiger partial charge >= 0.3 is 7.38 Å². The van der Waals surface area contributed by atoms with E-state index < -0.39 is 7.38 Å². The second-order valence-electron chi connectivity index (χ2n) is 2.12. The van der Waals surface area contributed by atoms with E-state index in [9.17, 15) is 4.57 Å². The van der Waals surface area contributed by atoms with Crippen LogP contribution in [-0.4, -0.2) is 0 Å². The molecule has 4 heteroatoms. The van der Waals surface area contributed by atoms with Crippen molar-refractivity contribution in [1.29, 1.82) is 0 Å². The molecule has 2 nitrogen and oxygen atoms in total. The zero-order valence-electron chi connectivity index (χ0n) is 5.95. The Morgan fingerprint density at radius 1 is 1.36 bits per heavy atom. The zero-order chi connectivity index (χ0) is 8.27. The fraction of sp³-hybridized carbons (Fsp3) is 0.143. The molecule has 58 valence electrons. The van der Waals surface area contributed by atoms with Crippen LogP contribution in [0.2, 0.25) is 0 Å². The molecule has 1 aromatic carbocycles. The molecule has 0 saturated heterocycles. The van der Waals surface area contributed by atoms with Gasteiger partial charge < -0.3 is 0 Å². The predicted molar refractivity (Wildman–Crippen MR) is 45.3 cm³/mol. The van der Waals surface area contributed by atoms with Crippen LogP contribution in [0.1, 0.15) is 5.56 Å². The topological polar surface area (TPSA) is 26.3 Å². The van der Waals surface area contributed by atoms with Gasteiger partial charge in [-0.2, -0.15) is 0 Å². The van der Waals surface area contributed by atoms with Crippen LogP contribution in [0.15, 0.2) is 24.3 Å². The van der Waals surface area contributed by atoms with Gasteiger partial charge in [-0.3, -0.25) is 0 Å². The van der Waals surface area contributed by atoms with Crippen LogP contribution in [0.5, 0.6) is 5.75 Å². The molecule has 11 heavy (non-hydrogen) atoms. The Balaban J connectivity index is 2.74. The fourth-order valence-electron chi connectivity index (χ4n) is 0.682. The van der Waals surface area contributed by atoms with Gasteiger partial charge in [-0.15, -0.1) is 0 Å². The molecule has 0 radical (unpaired) electrons. The summed E-state index contributed by atoms with van der Waals surface area (Å²) in [5, 5.41) is 0. The van der Waals surface area contributed by atoms with Crippen LogP contribution in [0.4, 0.5) is 0 Å². The summed E-state index contributed by atoms with van der Waals surface area (Å²) in [5.41, 5.74) is 1.13. The Morgan fingerprint density at radius 3 is 2.36 bits per heavy atom. The van der Waals surface area contributed by atoms with Gasteiger partial charge in [0.05, 0.1) is 0 Å². The van der Waals surface area contributed by atoms with Crippen molar-refractivity contribution in [2.24, 2.45) is 0 Å². The van der Waals surface area contributed by atoms with Gasteiger partial charge in [0.1, 0.15) is 0 Å². The van der Waals surface area contributed by atoms with Gasteiger partial charge in [0, 0.05) is 4.57 Å². The molecule has 0 aliphatic rings. The molecule has 1 unspecified atom stereocenters. The van der Waals surface area contributed by atoms with Gasteiger partial charge in [0.25, 0.3) is 11.2 Å². The Hall–Kier alpha value is -0.590. The summed E-state index contributed by atoms with van der Waals surface area (Å²) in [6, 6.07) is 7.19. The molecular weight excluding hydrogens is 183 g/mol. The van der Waals surface area contributed by atoms with Crippen LogP contribution in [0.25, 0.3) is 0 Å². The summed E-state index contributed by atoms with van der Waals surface area (Å²) in [6.45, 7) is 1.96. The SMILES string of the molecule is Cc1ccc(O[P+](=O)Cl)cc1. The van der Waals surface area contributed by atoms with E-state index in [0.717, 1.165) is 5.56 Å². The number of hydrogen-bond donors (Lipinski definition) is 0. The lowest BCUT2D eigenvalue weighted by atomic mass is 10.2. The molecule has 1 aromatic rings. The average molecular weight is 190 g/mol. The number of hydrogen-bond acceptors (Lipinski definition) is 2. The zero-order valence-corrected chi connectivity index (χ0v) is 7.60. The molecule has 0 spiro atoms. The number of rotatable bonds is 2. The van der Waals surface area contributed by atoms with Crippen molar-refractivity contribution in [3.05, 3.63) is 29.8 Å². The molecule has 0 saturated carbocycles. The molecule has 0 bridgehead atoms. The molecule has 0 heterocycles. The molecule has 0 N–H and O–H groups in total. The number of benzene rings is 1. The third-order valence-corrected chi connectivity index (χ3v) is 1.76. The minimum atomic E-state index is -2.06. The third kappa shape index (κ3) is 2.87. The van der Waals surface area contributed by atoms with Crippen molar-refractivity contribution in [3.63, 3.8) is 0 Å². The third-order valence-electron chi connectivity index (χ3n) is 1.20. The van der Waals surface area contributed by atoms with Crippen LogP contribution < -0.4 is 4.52 Å². The normalized spacial score (nSPS) is 10.9. The van der Waals surface area contributed by atoms with E-state index >= 15 is 0 Å². The van der Waals surface area contributed by atoms with E-state index in [1.165, 1.54) is 0 Å². The summed E-state index contributed by atoms with van der Waals surface area (Å²) < 4.78 is 15.1. The van der Waals surface area contributed by atoms with Gasteiger partial charge in [-0.1, -0.05) is 17.7 Å². The summed E-state index contributed by atoms with van der Waals surface area (Å²) in [4.78, 5) is 0. The van der Waals surface area contributed by atoms with Crippen LogP contribution in [0, 0.1) is 6.92 Å². The van der Waals surface area contributed by atoms with Gasteiger partial charge in [0.15, 0.2) is 5.75 Å². The maximum absolute atomic E-state index is 10.4. The van der Waals surface area contributed by atoms with E-state index in [1.807, 2.05) is 19.1 Å². The maximum Gasteiger partial charge on any atom is 0.683 e. The second-order valence-corrected chi connectivity index (χ2v) is 3.55. The van der Waals surface area contributed by atoms with Crippen molar-refractivity contribution in [3.8, 4) is 5.75 Å². The first-order chi connectivity index (χ1) is 5.18. The smallest absolute Gasteiger partial charge is 0.240 e. The first kappa shape index (κ1) is 8.51. The Morgan fingerprint density at radius 2 is 1.91 bits per heavy atom. The van der Waals surface area contributed by atoms with Gasteiger partial charge in [-0.05, 0) is 19.1 Å². The standard InChI is InChI=1S/C7H7ClO2P/c1-6-2-4-7(5-3-6)10-11(8)9/h2-5H,1H3/q+1. The van der Waals surface area contributed by atoms with E-state index in [0.29, 0.717) is 5.75 Å². The Bertz CT molecular complexity index is 258. The monoisotopic (exact) mass is 189 g/mol. The van der Waals surface area contributed by atoms with Crippen LogP contribution in [-0.2, 0) is 4.57 Å². The summed E-state index contributed by atoms with van der Waals surface area (Å²) in [5.74, 6) is 0.534. The van der Waals surface area contributed by atoms with Crippen LogP contribution in [0.3, 0.4) is 0 Å². The minimum Gasteiger partial charge on any atom is -0.240 e. The quantitative estimate of drug-likeness (QED) is 0.668. The number of aryl methyl sites for hydroxylation is 1. The molecular formula is C7H7ClO2P+. The lowest BCUT2D eigenvalue weighted by molar-refractivity contribution is 0.519. The van der Waals surface area contributed by atoms with Crippen molar-refractivity contribution < 1.29 is 9.09 Å². The highest BCUT2D eigenvalue weighted by Gasteiger charge is 2.13. The highest BCUT2D eigenvalue weighted by atomic mass is 35.7. The van der Waals surface area contributed by atoms with Crippen molar-refractivity contribution in [1.82, 2.24) is 0 Å². The molecule has 1 rings (SSSR count). The van der Waals surface area contributed by atoms with Crippen molar-refractivity contribution >= 4 is 18.6 Å². The number of halogens is 1. The van der Waals surface area contributed by atoms with Gasteiger partial charge in [-0.25, -0.2) is 4.52 Å². The average Bonchev–Trinajstić information content (AvgIpc) is 1.93. The molecule has 1 atom stereocenters. The summed E-state index contributed by atoms with van der Waals surface area (Å²) >= 11 is 5.14. The van der Waals surface area contributed by atoms with Crippen LogP contribution >= 0.6 is 18.6 Å². The van der Waals surface area contributed by atoms with E-state index in [4.69, 9.17) is 15.8 Å². The van der Waals surface area contributed by atoms with E-state index in [1.54, 1.807) is 12.1 Å².